The van der Waals surface area contributed by atoms with Crippen molar-refractivity contribution in [3.63, 3.8) is 0 Å². The van der Waals surface area contributed by atoms with Gasteiger partial charge in [-0.25, -0.2) is 4.39 Å². The number of nitrogens with two attached hydrogens (primary N) is 1. The van der Waals surface area contributed by atoms with E-state index < -0.39 is 11.2 Å². The minimum absolute atomic E-state index is 0.0150. The van der Waals surface area contributed by atoms with Gasteiger partial charge in [-0.3, -0.25) is 9.59 Å². The molecule has 0 saturated carbocycles. The number of halogens is 1. The number of benzene rings is 1. The Bertz CT molecular complexity index is 597. The van der Waals surface area contributed by atoms with Gasteiger partial charge >= 0.3 is 0 Å². The molecule has 0 fully saturated rings. The van der Waals surface area contributed by atoms with Gasteiger partial charge in [-0.05, 0) is 37.0 Å². The first kappa shape index (κ1) is 16.7. The first-order chi connectivity index (χ1) is 10.4. The van der Waals surface area contributed by atoms with E-state index in [9.17, 15) is 14.0 Å². The first-order valence-corrected chi connectivity index (χ1v) is 8.08. The van der Waals surface area contributed by atoms with Crippen molar-refractivity contribution in [3.8, 4) is 0 Å². The average Bonchev–Trinajstić information content (AvgIpc) is 2.76. The van der Waals surface area contributed by atoms with E-state index in [-0.39, 0.29) is 17.3 Å². The molecule has 0 saturated heterocycles. The van der Waals surface area contributed by atoms with E-state index >= 15 is 0 Å². The molecule has 3 nitrogen and oxygen atoms in total. The van der Waals surface area contributed by atoms with Gasteiger partial charge in [0.1, 0.15) is 11.6 Å². The second-order valence-corrected chi connectivity index (χ2v) is 6.31. The molecule has 0 spiro atoms. The predicted molar refractivity (Wildman–Crippen MR) is 85.3 cm³/mol. The third kappa shape index (κ3) is 3.06. The largest absolute Gasteiger partial charge is 0.396 e. The van der Waals surface area contributed by atoms with Crippen molar-refractivity contribution in [2.75, 3.05) is 5.73 Å². The van der Waals surface area contributed by atoms with Crippen molar-refractivity contribution in [3.05, 3.63) is 29.1 Å². The molecule has 22 heavy (non-hydrogen) atoms. The molecule has 2 N–H and O–H groups in total. The molecule has 1 aromatic carbocycles. The SMILES string of the molecule is CCCCC1(CCC(=O)CC)Cc2cc(N)c(F)cc2C1=O. The number of anilines is 1. The molecule has 1 atom stereocenters. The highest BCUT2D eigenvalue weighted by atomic mass is 19.1. The van der Waals surface area contributed by atoms with Crippen LogP contribution in [0, 0.1) is 11.2 Å². The fourth-order valence-corrected chi connectivity index (χ4v) is 3.32. The zero-order valence-electron chi connectivity index (χ0n) is 13.4. The van der Waals surface area contributed by atoms with Crippen LogP contribution in [0.4, 0.5) is 10.1 Å². The molecule has 120 valence electrons. The Morgan fingerprint density at radius 2 is 2.05 bits per heavy atom. The van der Waals surface area contributed by atoms with Crippen molar-refractivity contribution in [1.82, 2.24) is 0 Å². The van der Waals surface area contributed by atoms with E-state index in [2.05, 4.69) is 6.92 Å². The van der Waals surface area contributed by atoms with Crippen LogP contribution in [-0.4, -0.2) is 11.6 Å². The number of rotatable bonds is 7. The topological polar surface area (TPSA) is 60.2 Å². The van der Waals surface area contributed by atoms with Crippen LogP contribution < -0.4 is 5.73 Å². The standard InChI is InChI=1S/C18H24FNO2/c1-3-5-7-18(8-6-13(21)4-2)11-12-9-16(20)15(19)10-14(12)17(18)22/h9-10H,3-8,11,20H2,1-2H3. The lowest BCUT2D eigenvalue weighted by Crippen LogP contribution is -2.29. The zero-order chi connectivity index (χ0) is 16.3. The van der Waals surface area contributed by atoms with E-state index in [1.165, 1.54) is 6.07 Å². The monoisotopic (exact) mass is 305 g/mol. The molecule has 0 bridgehead atoms. The molecular weight excluding hydrogens is 281 g/mol. The van der Waals surface area contributed by atoms with Crippen molar-refractivity contribution < 1.29 is 14.0 Å². The summed E-state index contributed by atoms with van der Waals surface area (Å²) in [5, 5.41) is 0. The molecule has 0 aromatic heterocycles. The third-order valence-electron chi connectivity index (χ3n) is 4.76. The molecule has 0 radical (unpaired) electrons. The van der Waals surface area contributed by atoms with Gasteiger partial charge in [0.05, 0.1) is 5.69 Å². The van der Waals surface area contributed by atoms with Gasteiger partial charge in [0.2, 0.25) is 0 Å². The smallest absolute Gasteiger partial charge is 0.169 e. The molecule has 0 heterocycles. The first-order valence-electron chi connectivity index (χ1n) is 8.08. The van der Waals surface area contributed by atoms with Crippen LogP contribution in [-0.2, 0) is 11.2 Å². The third-order valence-corrected chi connectivity index (χ3v) is 4.76. The second kappa shape index (κ2) is 6.59. The highest BCUT2D eigenvalue weighted by Crippen LogP contribution is 2.45. The fourth-order valence-electron chi connectivity index (χ4n) is 3.32. The molecular formula is C18H24FNO2. The number of carbonyl (C=O) groups excluding carboxylic acids is 2. The van der Waals surface area contributed by atoms with E-state index in [0.29, 0.717) is 31.2 Å². The normalized spacial score (nSPS) is 20.2. The van der Waals surface area contributed by atoms with Gasteiger partial charge in [0.25, 0.3) is 0 Å². The summed E-state index contributed by atoms with van der Waals surface area (Å²) in [5.74, 6) is -0.382. The molecule has 0 aliphatic heterocycles. The van der Waals surface area contributed by atoms with Gasteiger partial charge in [0.15, 0.2) is 5.78 Å². The Morgan fingerprint density at radius 3 is 2.68 bits per heavy atom. The summed E-state index contributed by atoms with van der Waals surface area (Å²) in [4.78, 5) is 24.6. The summed E-state index contributed by atoms with van der Waals surface area (Å²) in [6.07, 6.45) is 4.69. The fraction of sp³-hybridized carbons (Fsp3) is 0.556. The molecule has 4 heteroatoms. The van der Waals surface area contributed by atoms with Crippen molar-refractivity contribution >= 4 is 17.3 Å². The van der Waals surface area contributed by atoms with Crippen molar-refractivity contribution in [2.45, 2.75) is 58.8 Å². The summed E-state index contributed by atoms with van der Waals surface area (Å²) in [5.41, 5.74) is 6.44. The van der Waals surface area contributed by atoms with Gasteiger partial charge in [-0.1, -0.05) is 26.7 Å². The van der Waals surface area contributed by atoms with E-state index in [4.69, 9.17) is 5.73 Å². The molecule has 0 amide bonds. The van der Waals surface area contributed by atoms with Crippen LogP contribution >= 0.6 is 0 Å². The lowest BCUT2D eigenvalue weighted by molar-refractivity contribution is -0.119. The van der Waals surface area contributed by atoms with E-state index in [1.54, 1.807) is 6.07 Å². The maximum absolute atomic E-state index is 13.7. The van der Waals surface area contributed by atoms with Crippen LogP contribution in [0.15, 0.2) is 12.1 Å². The summed E-state index contributed by atoms with van der Waals surface area (Å²) >= 11 is 0. The van der Waals surface area contributed by atoms with Gasteiger partial charge in [0, 0.05) is 23.8 Å². The van der Waals surface area contributed by atoms with Crippen LogP contribution in [0.3, 0.4) is 0 Å². The summed E-state index contributed by atoms with van der Waals surface area (Å²) in [7, 11) is 0. The maximum Gasteiger partial charge on any atom is 0.169 e. The van der Waals surface area contributed by atoms with Crippen LogP contribution in [0.25, 0.3) is 0 Å². The predicted octanol–water partition coefficient (Wildman–Crippen LogP) is 4.08. The number of hydrogen-bond acceptors (Lipinski definition) is 3. The number of hydrogen-bond donors (Lipinski definition) is 1. The quantitative estimate of drug-likeness (QED) is 0.772. The van der Waals surface area contributed by atoms with Crippen molar-refractivity contribution in [1.29, 1.82) is 0 Å². The van der Waals surface area contributed by atoms with Crippen LogP contribution in [0.1, 0.15) is 68.3 Å². The number of Topliss-reactive ketones (excluding diaryl/α,β-unsaturated/α-hetero) is 2. The second-order valence-electron chi connectivity index (χ2n) is 6.31. The molecule has 1 aliphatic carbocycles. The highest BCUT2D eigenvalue weighted by Gasteiger charge is 2.45. The summed E-state index contributed by atoms with van der Waals surface area (Å²) < 4.78 is 13.7. The highest BCUT2D eigenvalue weighted by molar-refractivity contribution is 6.05. The van der Waals surface area contributed by atoms with Crippen LogP contribution in [0.5, 0.6) is 0 Å². The Morgan fingerprint density at radius 1 is 1.32 bits per heavy atom. The average molecular weight is 305 g/mol. The Hall–Kier alpha value is -1.71. The lowest BCUT2D eigenvalue weighted by Gasteiger charge is -2.27. The maximum atomic E-state index is 13.7. The Balaban J connectivity index is 2.31. The molecule has 1 aromatic rings. The summed E-state index contributed by atoms with van der Waals surface area (Å²) in [6, 6.07) is 2.85. The van der Waals surface area contributed by atoms with Gasteiger partial charge in [-0.2, -0.15) is 0 Å². The molecule has 1 unspecified atom stereocenters. The minimum atomic E-state index is -0.552. The number of fused-ring (bicyclic) bond motifs is 1. The van der Waals surface area contributed by atoms with E-state index in [0.717, 1.165) is 24.8 Å². The number of unbranched alkanes of at least 4 members (excludes halogenated alkanes) is 1. The summed E-state index contributed by atoms with van der Waals surface area (Å²) in [6.45, 7) is 3.91. The van der Waals surface area contributed by atoms with Gasteiger partial charge in [-0.15, -0.1) is 0 Å². The Kier molecular flexibility index (Phi) is 4.99. The zero-order valence-corrected chi connectivity index (χ0v) is 13.4. The molecule has 1 aliphatic rings. The Labute approximate surface area is 131 Å². The number of carbonyl (C=O) groups is 2. The van der Waals surface area contributed by atoms with Crippen LogP contribution in [0.2, 0.25) is 0 Å². The van der Waals surface area contributed by atoms with Crippen molar-refractivity contribution in [2.24, 2.45) is 5.41 Å². The lowest BCUT2D eigenvalue weighted by atomic mass is 9.74. The van der Waals surface area contributed by atoms with Gasteiger partial charge < -0.3 is 5.73 Å². The minimum Gasteiger partial charge on any atom is -0.396 e. The number of nitrogen functional groups attached to an aromatic ring is 1. The van der Waals surface area contributed by atoms with E-state index in [1.807, 2.05) is 6.92 Å². The molecule has 2 rings (SSSR count). The number of ketones is 2.